The zero-order valence-electron chi connectivity index (χ0n) is 51.3. The van der Waals surface area contributed by atoms with E-state index in [4.69, 9.17) is 48.2 Å². The third kappa shape index (κ3) is 39.1. The standard InChI is InChI=1S/C30H56N9O28P7.C14H30O5/c1-56-68(42,43)59-13-7-4-8-23-19-38(37-36-23)11-15-58-17-16-57-14-9-26(41)32-10-5-2-3-6-12-60-69(44,45)63-71(48,49)65-73(52,53)67-74(54,55)66-72(50,51)64-70(46,47)61-20-25-24(40)18-27(62-25)39-22-35-28-29(31)33-21-34-30(28)39;1-3-5-15-7-9-17-11-13-19-14-12-18-10-8-16-6-4-2/h19,21-22,24-25,27,40H,2-18,20H2,1H3,(H,32,41)(H,42,43)(H,44,45)(H,46,47)(H,48,49)(H,50,51)(H,52,53)(H,54,55)(H2,31,33,34);3-14H2,1-2H3/t24-,25-,27-;/m1./s1. The van der Waals surface area contributed by atoms with Crippen LogP contribution in [0.4, 0.5) is 5.82 Å². The molecule has 49 heteroatoms. The maximum atomic E-state index is 12.4. The predicted octanol–water partition coefficient (Wildman–Crippen LogP) is 4.14. The van der Waals surface area contributed by atoms with Crippen LogP contribution in [0.15, 0.2) is 18.9 Å². The van der Waals surface area contributed by atoms with Crippen LogP contribution in [0.3, 0.4) is 0 Å². The highest BCUT2D eigenvalue weighted by Crippen LogP contribution is 2.75. The van der Waals surface area contributed by atoms with Gasteiger partial charge < -0.3 is 88.3 Å². The van der Waals surface area contributed by atoms with Gasteiger partial charge in [-0.25, -0.2) is 51.6 Å². The zero-order valence-corrected chi connectivity index (χ0v) is 57.6. The van der Waals surface area contributed by atoms with Crippen molar-refractivity contribution in [3.63, 3.8) is 0 Å². The van der Waals surface area contributed by atoms with E-state index < -0.39 is 86.4 Å². The summed E-state index contributed by atoms with van der Waals surface area (Å²) in [7, 11) is -39.8. The Balaban J connectivity index is 0.00000102. The van der Waals surface area contributed by atoms with Crippen molar-refractivity contribution in [1.29, 1.82) is 0 Å². The number of nitrogen functional groups attached to an aromatic ring is 1. The zero-order chi connectivity index (χ0) is 68.9. The molecule has 0 spiro atoms. The summed E-state index contributed by atoms with van der Waals surface area (Å²) < 4.78 is 168. The van der Waals surface area contributed by atoms with Crippen molar-refractivity contribution in [3.8, 4) is 0 Å². The van der Waals surface area contributed by atoms with Gasteiger partial charge in [-0.2, -0.15) is 21.6 Å². The van der Waals surface area contributed by atoms with Gasteiger partial charge in [0.1, 0.15) is 24.2 Å². The minimum Gasteiger partial charge on any atom is -0.390 e. The Bertz CT molecular complexity index is 2940. The summed E-state index contributed by atoms with van der Waals surface area (Å²) in [6.07, 6.45) is 5.47. The molecule has 1 fully saturated rings. The van der Waals surface area contributed by atoms with Crippen molar-refractivity contribution in [1.82, 2.24) is 39.8 Å². The lowest BCUT2D eigenvalue weighted by molar-refractivity contribution is -0.122. The highest BCUT2D eigenvalue weighted by molar-refractivity contribution is 7.72. The van der Waals surface area contributed by atoms with Gasteiger partial charge in [0.25, 0.3) is 0 Å². The number of hydrogen-bond acceptors (Lipinski definition) is 32. The Labute approximate surface area is 535 Å². The van der Waals surface area contributed by atoms with Crippen molar-refractivity contribution >= 4 is 77.6 Å². The first-order valence-corrected chi connectivity index (χ1v) is 39.2. The Morgan fingerprint density at radius 1 is 0.591 bits per heavy atom. The molecule has 1 amide bonds. The summed E-state index contributed by atoms with van der Waals surface area (Å²) in [5.74, 6) is -0.255. The van der Waals surface area contributed by atoms with Crippen molar-refractivity contribution < 1.29 is 154 Å². The second-order valence-corrected chi connectivity index (χ2v) is 30.0. The number of phosphoric acid groups is 7. The number of aryl methyl sites for hydroxylation is 1. The lowest BCUT2D eigenvalue weighted by Gasteiger charge is -2.21. The number of hydrogen-bond donors (Lipinski definition) is 10. The number of rotatable bonds is 54. The number of carbonyl (C=O) groups is 1. The monoisotopic (exact) mass is 1490 g/mol. The number of nitrogens with one attached hydrogen (secondary N) is 1. The fraction of sp³-hybridized carbons (Fsp3) is 0.818. The Morgan fingerprint density at radius 2 is 1.06 bits per heavy atom. The molecule has 42 nitrogen and oxygen atoms in total. The third-order valence-electron chi connectivity index (χ3n) is 11.4. The normalized spacial score (nSPS) is 19.7. The van der Waals surface area contributed by atoms with Crippen LogP contribution < -0.4 is 11.1 Å². The molecule has 3 aromatic rings. The summed E-state index contributed by atoms with van der Waals surface area (Å²) in [5, 5.41) is 21.2. The molecule has 540 valence electrons. The fourth-order valence-electron chi connectivity index (χ4n) is 7.24. The minimum atomic E-state index is -6.49. The summed E-state index contributed by atoms with van der Waals surface area (Å²) in [6.45, 7) is 10.9. The number of aliphatic hydroxyl groups is 1. The predicted molar refractivity (Wildman–Crippen MR) is 319 cm³/mol. The SMILES string of the molecule is CCCOCCOCCOCCOCCOCCC.COP(=O)(O)OCCCCc1cn(CCOCCOCCC(=O)NCCCCCCOP(=O)(O)OP(=O)(O)OP(=O)(O)OP(=O)(O)OP(=O)(O)OP(=O)(O)OC[C@H]2O[C@@H](n3cnc4c(N)ncnc43)C[C@H]2O)nn1. The Kier molecular flexibility index (Phi) is 40.6. The molecule has 0 aliphatic carbocycles. The van der Waals surface area contributed by atoms with Crippen LogP contribution in [-0.4, -0.2) is 218 Å². The maximum absolute atomic E-state index is 12.4. The van der Waals surface area contributed by atoms with Gasteiger partial charge in [0, 0.05) is 45.9 Å². The number of unbranched alkanes of at least 4 members (excludes halogenated alkanes) is 4. The van der Waals surface area contributed by atoms with E-state index >= 15 is 0 Å². The van der Waals surface area contributed by atoms with Crippen molar-refractivity contribution in [2.75, 3.05) is 132 Å². The number of fused-ring (bicyclic) bond motifs is 1. The first kappa shape index (κ1) is 84.8. The van der Waals surface area contributed by atoms with Crippen LogP contribution in [0, 0.1) is 0 Å². The Morgan fingerprint density at radius 3 is 1.60 bits per heavy atom. The molecule has 4 rings (SSSR count). The number of nitrogens with two attached hydrogens (primary N) is 1. The summed E-state index contributed by atoms with van der Waals surface area (Å²) in [4.78, 5) is 91.9. The fourth-order valence-corrected chi connectivity index (χ4v) is 15.5. The number of ether oxygens (including phenoxy) is 8. The molecule has 3 aromatic heterocycles. The van der Waals surface area contributed by atoms with Gasteiger partial charge in [0.15, 0.2) is 11.5 Å². The number of amides is 1. The number of nitrogens with zero attached hydrogens (tertiary/aromatic N) is 7. The molecule has 1 aliphatic heterocycles. The smallest absolute Gasteiger partial charge is 0.390 e. The number of anilines is 1. The summed E-state index contributed by atoms with van der Waals surface area (Å²) in [5.41, 5.74) is 6.88. The molecular formula is C44H86N9O33P7. The molecule has 4 heterocycles. The first-order chi connectivity index (χ1) is 43.9. The number of aliphatic hydroxyl groups excluding tert-OH is 1. The van der Waals surface area contributed by atoms with E-state index in [1.54, 1.807) is 10.9 Å². The average Bonchev–Trinajstić information content (AvgIpc) is 1.79. The van der Waals surface area contributed by atoms with E-state index in [1.807, 2.05) is 0 Å². The topological polar surface area (TPSA) is 568 Å². The van der Waals surface area contributed by atoms with Crippen LogP contribution in [-0.2, 0) is 127 Å². The van der Waals surface area contributed by atoms with Gasteiger partial charge in [0.05, 0.1) is 124 Å². The molecule has 10 atom stereocenters. The third-order valence-corrected chi connectivity index (χ3v) is 21.6. The minimum absolute atomic E-state index is 0.0326. The van der Waals surface area contributed by atoms with Gasteiger partial charge in [-0.1, -0.05) is 31.9 Å². The maximum Gasteiger partial charge on any atom is 0.490 e. The first-order valence-electron chi connectivity index (χ1n) is 28.7. The van der Waals surface area contributed by atoms with E-state index in [9.17, 15) is 76.1 Å². The van der Waals surface area contributed by atoms with Crippen molar-refractivity contribution in [2.45, 2.75) is 109 Å². The molecular weight excluding hydrogens is 1400 g/mol. The van der Waals surface area contributed by atoms with Gasteiger partial charge in [0.2, 0.25) is 5.91 Å². The van der Waals surface area contributed by atoms with Crippen LogP contribution in [0.1, 0.15) is 90.0 Å². The summed E-state index contributed by atoms with van der Waals surface area (Å²) in [6, 6.07) is 0. The lowest BCUT2D eigenvalue weighted by atomic mass is 10.2. The van der Waals surface area contributed by atoms with E-state index in [0.29, 0.717) is 105 Å². The number of aromatic nitrogens is 7. The molecule has 1 saturated heterocycles. The second-order valence-electron chi connectivity index (χ2n) is 19.1. The van der Waals surface area contributed by atoms with Gasteiger partial charge in [-0.15, -0.1) is 5.10 Å². The lowest BCUT2D eigenvalue weighted by Crippen LogP contribution is -2.26. The highest BCUT2D eigenvalue weighted by Gasteiger charge is 2.50. The highest BCUT2D eigenvalue weighted by atomic mass is 31.3. The van der Waals surface area contributed by atoms with Crippen LogP contribution in [0.2, 0.25) is 0 Å². The van der Waals surface area contributed by atoms with Gasteiger partial charge in [-0.3, -0.25) is 27.5 Å². The Hall–Kier alpha value is -2.43. The molecule has 0 saturated carbocycles. The second kappa shape index (κ2) is 44.6. The van der Waals surface area contributed by atoms with Crippen molar-refractivity contribution in [3.05, 3.63) is 24.5 Å². The molecule has 0 aromatic carbocycles. The largest absolute Gasteiger partial charge is 0.490 e. The van der Waals surface area contributed by atoms with E-state index in [-0.39, 0.29) is 75.1 Å². The quantitative estimate of drug-likeness (QED) is 0.0280. The number of carbonyl (C=O) groups excluding carboxylic acids is 1. The molecule has 7 unspecified atom stereocenters. The molecule has 0 radical (unpaired) electrons. The molecule has 11 N–H and O–H groups in total. The number of phosphoric ester groups is 3. The molecule has 1 aliphatic rings. The van der Waals surface area contributed by atoms with Gasteiger partial charge in [-0.05, 0) is 44.9 Å². The van der Waals surface area contributed by atoms with Crippen molar-refractivity contribution in [2.24, 2.45) is 0 Å². The van der Waals surface area contributed by atoms with E-state index in [0.717, 1.165) is 45.2 Å². The summed E-state index contributed by atoms with van der Waals surface area (Å²) >= 11 is 0. The van der Waals surface area contributed by atoms with Gasteiger partial charge >= 0.3 is 54.8 Å². The van der Waals surface area contributed by atoms with Crippen LogP contribution in [0.25, 0.3) is 11.2 Å². The van der Waals surface area contributed by atoms with E-state index in [2.05, 4.69) is 79.6 Å². The van der Waals surface area contributed by atoms with E-state index in [1.165, 1.54) is 10.9 Å². The van der Waals surface area contributed by atoms with Crippen LogP contribution >= 0.6 is 54.8 Å². The molecule has 0 bridgehead atoms. The van der Waals surface area contributed by atoms with Crippen LogP contribution in [0.5, 0.6) is 0 Å². The average molecular weight is 1490 g/mol. The number of imidazole rings is 1. The molecule has 93 heavy (non-hydrogen) atoms.